The Hall–Kier alpha value is -1.29. The monoisotopic (exact) mass is 282 g/mol. The second kappa shape index (κ2) is 4.29. The molecule has 0 aliphatic heterocycles. The van der Waals surface area contributed by atoms with Crippen LogP contribution in [-0.2, 0) is 11.2 Å². The highest BCUT2D eigenvalue weighted by atomic mass is 79.9. The summed E-state index contributed by atoms with van der Waals surface area (Å²) in [5, 5.41) is 9.81. The summed E-state index contributed by atoms with van der Waals surface area (Å²) >= 11 is 3.36. The molecule has 16 heavy (non-hydrogen) atoms. The Labute approximate surface area is 101 Å². The summed E-state index contributed by atoms with van der Waals surface area (Å²) in [5.41, 5.74) is 0.780. The molecule has 84 valence electrons. The highest BCUT2D eigenvalue weighted by Crippen LogP contribution is 2.24. The second-order valence-corrected chi connectivity index (χ2v) is 4.75. The molecule has 3 nitrogen and oxygen atoms in total. The number of hydrogen-bond acceptors (Lipinski definition) is 2. The SMILES string of the molecule is CC(Cc1cc2ccc(Br)cc2o1)C(=O)O. The van der Waals surface area contributed by atoms with Crippen LogP contribution in [0.2, 0.25) is 0 Å². The number of benzene rings is 1. The van der Waals surface area contributed by atoms with E-state index >= 15 is 0 Å². The minimum atomic E-state index is -0.804. The third-order valence-electron chi connectivity index (χ3n) is 2.46. The van der Waals surface area contributed by atoms with Crippen molar-refractivity contribution in [2.45, 2.75) is 13.3 Å². The van der Waals surface area contributed by atoms with E-state index in [2.05, 4.69) is 15.9 Å². The maximum atomic E-state index is 10.7. The van der Waals surface area contributed by atoms with Gasteiger partial charge in [0.1, 0.15) is 11.3 Å². The van der Waals surface area contributed by atoms with Crippen LogP contribution < -0.4 is 0 Å². The fourth-order valence-corrected chi connectivity index (χ4v) is 1.89. The van der Waals surface area contributed by atoms with E-state index in [4.69, 9.17) is 9.52 Å². The molecule has 1 unspecified atom stereocenters. The zero-order chi connectivity index (χ0) is 11.7. The molecule has 1 atom stereocenters. The van der Waals surface area contributed by atoms with Crippen molar-refractivity contribution in [2.24, 2.45) is 5.92 Å². The third kappa shape index (κ3) is 2.27. The fourth-order valence-electron chi connectivity index (χ4n) is 1.55. The van der Waals surface area contributed by atoms with E-state index in [-0.39, 0.29) is 0 Å². The molecule has 0 radical (unpaired) electrons. The van der Waals surface area contributed by atoms with Gasteiger partial charge in [-0.2, -0.15) is 0 Å². The molecule has 0 bridgehead atoms. The van der Waals surface area contributed by atoms with Crippen molar-refractivity contribution in [3.8, 4) is 0 Å². The number of furan rings is 1. The minimum absolute atomic E-state index is 0.418. The highest BCUT2D eigenvalue weighted by Gasteiger charge is 2.14. The lowest BCUT2D eigenvalue weighted by Crippen LogP contribution is -2.11. The van der Waals surface area contributed by atoms with Crippen LogP contribution >= 0.6 is 15.9 Å². The smallest absolute Gasteiger partial charge is 0.306 e. The molecule has 1 aromatic carbocycles. The maximum Gasteiger partial charge on any atom is 0.306 e. The Morgan fingerprint density at radius 2 is 2.25 bits per heavy atom. The van der Waals surface area contributed by atoms with Gasteiger partial charge < -0.3 is 9.52 Å². The lowest BCUT2D eigenvalue weighted by Gasteiger charge is -2.01. The standard InChI is InChI=1S/C12H11BrO3/c1-7(12(14)15)4-10-5-8-2-3-9(13)6-11(8)16-10/h2-3,5-7H,4H2,1H3,(H,14,15). The molecule has 1 heterocycles. The van der Waals surface area contributed by atoms with Gasteiger partial charge in [-0.15, -0.1) is 0 Å². The average molecular weight is 283 g/mol. The van der Waals surface area contributed by atoms with Crippen LogP contribution in [0.5, 0.6) is 0 Å². The highest BCUT2D eigenvalue weighted by molar-refractivity contribution is 9.10. The van der Waals surface area contributed by atoms with E-state index < -0.39 is 11.9 Å². The molecule has 0 saturated carbocycles. The molecule has 0 aliphatic carbocycles. The van der Waals surface area contributed by atoms with Gasteiger partial charge in [0.15, 0.2) is 0 Å². The van der Waals surface area contributed by atoms with Gasteiger partial charge in [-0.1, -0.05) is 22.9 Å². The first-order chi connectivity index (χ1) is 7.56. The van der Waals surface area contributed by atoms with Crippen LogP contribution in [0.15, 0.2) is 33.2 Å². The first-order valence-corrected chi connectivity index (χ1v) is 5.76. The van der Waals surface area contributed by atoms with Crippen LogP contribution in [0.25, 0.3) is 11.0 Å². The number of carboxylic acid groups (broad SMARTS) is 1. The Balaban J connectivity index is 2.29. The van der Waals surface area contributed by atoms with E-state index in [0.717, 1.165) is 15.4 Å². The van der Waals surface area contributed by atoms with Crippen molar-refractivity contribution >= 4 is 32.9 Å². The van der Waals surface area contributed by atoms with Crippen LogP contribution in [0.4, 0.5) is 0 Å². The summed E-state index contributed by atoms with van der Waals surface area (Å²) in [4.78, 5) is 10.7. The van der Waals surface area contributed by atoms with Crippen molar-refractivity contribution in [3.63, 3.8) is 0 Å². The largest absolute Gasteiger partial charge is 0.481 e. The number of halogens is 1. The van der Waals surface area contributed by atoms with E-state index in [1.54, 1.807) is 6.92 Å². The fraction of sp³-hybridized carbons (Fsp3) is 0.250. The molecule has 0 aliphatic rings. The van der Waals surface area contributed by atoms with Gasteiger partial charge in [0, 0.05) is 16.3 Å². The summed E-state index contributed by atoms with van der Waals surface area (Å²) in [6, 6.07) is 7.64. The van der Waals surface area contributed by atoms with Crippen molar-refractivity contribution in [3.05, 3.63) is 34.5 Å². The minimum Gasteiger partial charge on any atom is -0.481 e. The van der Waals surface area contributed by atoms with Gasteiger partial charge in [0.2, 0.25) is 0 Å². The van der Waals surface area contributed by atoms with Crippen LogP contribution in [-0.4, -0.2) is 11.1 Å². The van der Waals surface area contributed by atoms with Gasteiger partial charge in [-0.25, -0.2) is 0 Å². The molecule has 0 fully saturated rings. The molecule has 4 heteroatoms. The predicted octanol–water partition coefficient (Wildman–Crippen LogP) is 3.46. The van der Waals surface area contributed by atoms with E-state index in [1.807, 2.05) is 24.3 Å². The number of carbonyl (C=O) groups is 1. The van der Waals surface area contributed by atoms with Gasteiger partial charge in [0.25, 0.3) is 0 Å². The molecule has 2 rings (SSSR count). The number of carboxylic acids is 1. The summed E-state index contributed by atoms with van der Waals surface area (Å²) in [7, 11) is 0. The Bertz CT molecular complexity index is 530. The Morgan fingerprint density at radius 3 is 2.94 bits per heavy atom. The molecular formula is C12H11BrO3. The number of hydrogen-bond donors (Lipinski definition) is 1. The van der Waals surface area contributed by atoms with Crippen LogP contribution in [0, 0.1) is 5.92 Å². The van der Waals surface area contributed by atoms with Crippen molar-refractivity contribution in [2.75, 3.05) is 0 Å². The van der Waals surface area contributed by atoms with Crippen molar-refractivity contribution < 1.29 is 14.3 Å². The van der Waals surface area contributed by atoms with Crippen LogP contribution in [0.1, 0.15) is 12.7 Å². The number of aliphatic carboxylic acids is 1. The van der Waals surface area contributed by atoms with Gasteiger partial charge in [-0.3, -0.25) is 4.79 Å². The van der Waals surface area contributed by atoms with E-state index in [9.17, 15) is 4.79 Å². The van der Waals surface area contributed by atoms with Gasteiger partial charge >= 0.3 is 5.97 Å². The van der Waals surface area contributed by atoms with Crippen LogP contribution in [0.3, 0.4) is 0 Å². The summed E-state index contributed by atoms with van der Waals surface area (Å²) in [6.07, 6.45) is 0.418. The zero-order valence-corrected chi connectivity index (χ0v) is 10.3. The maximum absolute atomic E-state index is 10.7. The quantitative estimate of drug-likeness (QED) is 0.938. The third-order valence-corrected chi connectivity index (χ3v) is 2.96. The average Bonchev–Trinajstić information content (AvgIpc) is 2.58. The summed E-state index contributed by atoms with van der Waals surface area (Å²) in [6.45, 7) is 1.67. The lowest BCUT2D eigenvalue weighted by molar-refractivity contribution is -0.141. The summed E-state index contributed by atoms with van der Waals surface area (Å²) in [5.74, 6) is -0.520. The molecule has 1 aromatic heterocycles. The topological polar surface area (TPSA) is 50.4 Å². The number of rotatable bonds is 3. The van der Waals surface area contributed by atoms with Crippen molar-refractivity contribution in [1.82, 2.24) is 0 Å². The molecule has 0 saturated heterocycles. The van der Waals surface area contributed by atoms with Crippen molar-refractivity contribution in [1.29, 1.82) is 0 Å². The Kier molecular flexibility index (Phi) is 3.01. The van der Waals surface area contributed by atoms with Gasteiger partial charge in [0.05, 0.1) is 5.92 Å². The molecule has 0 spiro atoms. The van der Waals surface area contributed by atoms with E-state index in [1.165, 1.54) is 0 Å². The summed E-state index contributed by atoms with van der Waals surface area (Å²) < 4.78 is 6.53. The second-order valence-electron chi connectivity index (χ2n) is 3.84. The number of fused-ring (bicyclic) bond motifs is 1. The lowest BCUT2D eigenvalue weighted by atomic mass is 10.1. The first kappa shape index (κ1) is 11.2. The zero-order valence-electron chi connectivity index (χ0n) is 8.74. The molecular weight excluding hydrogens is 272 g/mol. The molecule has 0 amide bonds. The first-order valence-electron chi connectivity index (χ1n) is 4.97. The predicted molar refractivity (Wildman–Crippen MR) is 64.4 cm³/mol. The molecule has 2 aromatic rings. The Morgan fingerprint density at radius 1 is 1.50 bits per heavy atom. The van der Waals surface area contributed by atoms with Gasteiger partial charge in [-0.05, 0) is 24.3 Å². The van der Waals surface area contributed by atoms with E-state index in [0.29, 0.717) is 12.2 Å². The normalized spacial score (nSPS) is 12.9. The molecule has 1 N–H and O–H groups in total.